The molecule has 1 aromatic carbocycles. The van der Waals surface area contributed by atoms with Gasteiger partial charge in [-0.1, -0.05) is 17.3 Å². The summed E-state index contributed by atoms with van der Waals surface area (Å²) < 4.78 is 24.4. The van der Waals surface area contributed by atoms with Crippen LogP contribution < -0.4 is 0 Å². The van der Waals surface area contributed by atoms with Crippen LogP contribution in [-0.2, 0) is 10.2 Å². The van der Waals surface area contributed by atoms with Crippen molar-refractivity contribution in [3.63, 3.8) is 0 Å². The zero-order valence-electron chi connectivity index (χ0n) is 13.2. The molecule has 1 aliphatic heterocycles. The van der Waals surface area contributed by atoms with Crippen molar-refractivity contribution < 1.29 is 13.7 Å². The molecule has 0 amide bonds. The van der Waals surface area contributed by atoms with Gasteiger partial charge in [0, 0.05) is 18.5 Å². The molecule has 0 aliphatic carbocycles. The largest absolute Gasteiger partial charge is 0.380 e. The van der Waals surface area contributed by atoms with Crippen molar-refractivity contribution in [2.45, 2.75) is 18.8 Å². The third-order valence-electron chi connectivity index (χ3n) is 4.51. The Morgan fingerprint density at radius 3 is 2.71 bits per heavy atom. The molecule has 3 aromatic rings. The lowest BCUT2D eigenvalue weighted by Crippen LogP contribution is -2.29. The zero-order valence-corrected chi connectivity index (χ0v) is 13.2. The summed E-state index contributed by atoms with van der Waals surface area (Å²) in [5.41, 5.74) is 2.05. The van der Waals surface area contributed by atoms with E-state index in [2.05, 4.69) is 15.1 Å². The van der Waals surface area contributed by atoms with E-state index in [0.717, 1.165) is 23.2 Å². The van der Waals surface area contributed by atoms with Crippen LogP contribution in [0.5, 0.6) is 0 Å². The fourth-order valence-electron chi connectivity index (χ4n) is 3.10. The number of rotatable bonds is 3. The number of hydrogen-bond acceptors (Lipinski definition) is 5. The lowest BCUT2D eigenvalue weighted by atomic mass is 9.79. The molecule has 2 aromatic heterocycles. The van der Waals surface area contributed by atoms with Gasteiger partial charge in [-0.3, -0.25) is 4.98 Å². The second kappa shape index (κ2) is 5.79. The third-order valence-corrected chi connectivity index (χ3v) is 4.51. The molecule has 0 spiro atoms. The van der Waals surface area contributed by atoms with Crippen LogP contribution >= 0.6 is 0 Å². The lowest BCUT2D eigenvalue weighted by molar-refractivity contribution is 0.182. The van der Waals surface area contributed by atoms with Gasteiger partial charge >= 0.3 is 0 Å². The number of nitrogens with zero attached hydrogens (tertiary/aromatic N) is 3. The van der Waals surface area contributed by atoms with Crippen LogP contribution in [0.2, 0.25) is 0 Å². The van der Waals surface area contributed by atoms with E-state index >= 15 is 0 Å². The minimum atomic E-state index is -0.508. The Labute approximate surface area is 138 Å². The Bertz CT molecular complexity index is 855. The molecule has 24 heavy (non-hydrogen) atoms. The molecule has 122 valence electrons. The van der Waals surface area contributed by atoms with Crippen molar-refractivity contribution in [3.05, 3.63) is 65.5 Å². The summed E-state index contributed by atoms with van der Waals surface area (Å²) in [6.07, 6.45) is 2.45. The average molecular weight is 325 g/mol. The van der Waals surface area contributed by atoms with E-state index in [1.165, 1.54) is 12.1 Å². The highest BCUT2D eigenvalue weighted by molar-refractivity contribution is 5.55. The molecule has 1 atom stereocenters. The van der Waals surface area contributed by atoms with E-state index in [-0.39, 0.29) is 5.82 Å². The molecule has 4 rings (SSSR count). The lowest BCUT2D eigenvalue weighted by Gasteiger charge is -2.23. The van der Waals surface area contributed by atoms with Crippen LogP contribution in [0.1, 0.15) is 23.5 Å². The summed E-state index contributed by atoms with van der Waals surface area (Å²) in [6.45, 7) is 2.95. The normalized spacial score (nSPS) is 20.4. The predicted octanol–water partition coefficient (Wildman–Crippen LogP) is 3.29. The smallest absolute Gasteiger partial charge is 0.259 e. The molecule has 1 fully saturated rings. The molecule has 1 unspecified atom stereocenters. The Morgan fingerprint density at radius 1 is 1.17 bits per heavy atom. The number of halogens is 1. The molecule has 0 N–H and O–H groups in total. The first-order valence-corrected chi connectivity index (χ1v) is 7.79. The van der Waals surface area contributed by atoms with Crippen molar-refractivity contribution in [3.8, 4) is 11.5 Å². The van der Waals surface area contributed by atoms with Gasteiger partial charge in [-0.25, -0.2) is 4.39 Å². The fraction of sp³-hybridized carbons (Fsp3) is 0.278. The van der Waals surface area contributed by atoms with E-state index in [9.17, 15) is 4.39 Å². The first-order chi connectivity index (χ1) is 11.7. The Kier molecular flexibility index (Phi) is 3.61. The van der Waals surface area contributed by atoms with Crippen molar-refractivity contribution >= 4 is 0 Å². The maximum atomic E-state index is 13.3. The molecular formula is C18H16FN3O2. The fourth-order valence-corrected chi connectivity index (χ4v) is 3.10. The predicted molar refractivity (Wildman–Crippen MR) is 84.9 cm³/mol. The molecule has 3 heterocycles. The molecule has 5 nitrogen and oxygen atoms in total. The van der Waals surface area contributed by atoms with Gasteiger partial charge in [0.05, 0.1) is 17.6 Å². The number of hydrogen-bond donors (Lipinski definition) is 0. The highest BCUT2D eigenvalue weighted by Gasteiger charge is 2.43. The van der Waals surface area contributed by atoms with Gasteiger partial charge in [0.15, 0.2) is 5.82 Å². The summed E-state index contributed by atoms with van der Waals surface area (Å²) in [7, 11) is 0. The van der Waals surface area contributed by atoms with Crippen molar-refractivity contribution in [1.82, 2.24) is 15.1 Å². The number of benzene rings is 1. The SMILES string of the molecule is Cc1ncccc1-c1nc(C2(c3ccc(F)cc3)CCOC2)no1. The zero-order chi connectivity index (χ0) is 16.6. The van der Waals surface area contributed by atoms with Crippen molar-refractivity contribution in [2.75, 3.05) is 13.2 Å². The van der Waals surface area contributed by atoms with Crippen LogP contribution in [0.25, 0.3) is 11.5 Å². The summed E-state index contributed by atoms with van der Waals surface area (Å²) >= 11 is 0. The van der Waals surface area contributed by atoms with Crippen LogP contribution in [-0.4, -0.2) is 28.3 Å². The van der Waals surface area contributed by atoms with Crippen LogP contribution in [0.15, 0.2) is 47.1 Å². The Balaban J connectivity index is 1.78. The molecule has 0 radical (unpaired) electrons. The van der Waals surface area contributed by atoms with Crippen molar-refractivity contribution in [2.24, 2.45) is 0 Å². The first-order valence-electron chi connectivity index (χ1n) is 7.79. The minimum absolute atomic E-state index is 0.271. The maximum Gasteiger partial charge on any atom is 0.259 e. The maximum absolute atomic E-state index is 13.3. The van der Waals surface area contributed by atoms with Crippen LogP contribution in [0.3, 0.4) is 0 Å². The van der Waals surface area contributed by atoms with Gasteiger partial charge in [-0.15, -0.1) is 0 Å². The van der Waals surface area contributed by atoms with E-state index in [0.29, 0.717) is 24.9 Å². The third kappa shape index (κ3) is 2.39. The number of pyridine rings is 1. The molecular weight excluding hydrogens is 309 g/mol. The van der Waals surface area contributed by atoms with Crippen LogP contribution in [0, 0.1) is 12.7 Å². The van der Waals surface area contributed by atoms with E-state index < -0.39 is 5.41 Å². The second-order valence-electron chi connectivity index (χ2n) is 5.95. The van der Waals surface area contributed by atoms with Gasteiger partial charge in [-0.2, -0.15) is 4.98 Å². The Hall–Kier alpha value is -2.60. The standard InChI is InChI=1S/C18H16FN3O2/c1-12-15(3-2-9-20-12)16-21-17(22-24-16)18(8-10-23-11-18)13-4-6-14(19)7-5-13/h2-7,9H,8,10-11H2,1H3. The molecule has 1 saturated heterocycles. The summed E-state index contributed by atoms with van der Waals surface area (Å²) in [6, 6.07) is 10.1. The summed E-state index contributed by atoms with van der Waals surface area (Å²) in [5, 5.41) is 4.20. The van der Waals surface area contributed by atoms with Gasteiger partial charge in [0.2, 0.25) is 0 Å². The monoisotopic (exact) mass is 325 g/mol. The van der Waals surface area contributed by atoms with E-state index in [1.54, 1.807) is 18.3 Å². The number of aryl methyl sites for hydroxylation is 1. The number of aromatic nitrogens is 3. The molecule has 0 saturated carbocycles. The molecule has 6 heteroatoms. The van der Waals surface area contributed by atoms with Gasteiger partial charge in [0.25, 0.3) is 5.89 Å². The van der Waals surface area contributed by atoms with E-state index in [1.807, 2.05) is 19.1 Å². The topological polar surface area (TPSA) is 61.0 Å². The Morgan fingerprint density at radius 2 is 2.00 bits per heavy atom. The quantitative estimate of drug-likeness (QED) is 0.739. The van der Waals surface area contributed by atoms with Crippen LogP contribution in [0.4, 0.5) is 4.39 Å². The highest BCUT2D eigenvalue weighted by Crippen LogP contribution is 2.39. The number of ether oxygens (including phenoxy) is 1. The second-order valence-corrected chi connectivity index (χ2v) is 5.95. The highest BCUT2D eigenvalue weighted by atomic mass is 19.1. The first kappa shape index (κ1) is 15.0. The summed E-state index contributed by atoms with van der Waals surface area (Å²) in [5.74, 6) is 0.724. The van der Waals surface area contributed by atoms with E-state index in [4.69, 9.17) is 9.26 Å². The van der Waals surface area contributed by atoms with Gasteiger partial charge in [-0.05, 0) is 43.2 Å². The average Bonchev–Trinajstić information content (AvgIpc) is 3.26. The van der Waals surface area contributed by atoms with Crippen molar-refractivity contribution in [1.29, 1.82) is 0 Å². The molecule has 1 aliphatic rings. The molecule has 0 bridgehead atoms. The minimum Gasteiger partial charge on any atom is -0.380 e. The van der Waals surface area contributed by atoms with Gasteiger partial charge in [0.1, 0.15) is 5.82 Å². The summed E-state index contributed by atoms with van der Waals surface area (Å²) in [4.78, 5) is 8.86. The van der Waals surface area contributed by atoms with Gasteiger partial charge < -0.3 is 9.26 Å².